The second kappa shape index (κ2) is 10.3. The first kappa shape index (κ1) is 20.4. The lowest BCUT2D eigenvalue weighted by Gasteiger charge is -2.17. The van der Waals surface area contributed by atoms with Gasteiger partial charge in [-0.2, -0.15) is 0 Å². The van der Waals surface area contributed by atoms with Crippen molar-refractivity contribution >= 4 is 34.4 Å². The van der Waals surface area contributed by atoms with Gasteiger partial charge in [0.25, 0.3) is 0 Å². The number of halogens is 3. The summed E-state index contributed by atoms with van der Waals surface area (Å²) in [6.45, 7) is 2.28. The molecule has 1 saturated heterocycles. The van der Waals surface area contributed by atoms with Crippen LogP contribution in [0.3, 0.4) is 0 Å². The van der Waals surface area contributed by atoms with E-state index in [9.17, 15) is 0 Å². The smallest absolute Gasteiger partial charge is 0.164 e. The minimum Gasteiger partial charge on any atom is -0.236 e. The third-order valence-corrected chi connectivity index (χ3v) is 3.79. The fraction of sp³-hybridized carbons (Fsp3) is 0.400. The average Bonchev–Trinajstić information content (AvgIpc) is 2.72. The van der Waals surface area contributed by atoms with Crippen LogP contribution in [0.4, 0.5) is 0 Å². The summed E-state index contributed by atoms with van der Waals surface area (Å²) in [5.41, 5.74) is 1.01. The molecule has 1 aromatic rings. The summed E-state index contributed by atoms with van der Waals surface area (Å²) in [6.07, 6.45) is 9.35. The van der Waals surface area contributed by atoms with E-state index in [4.69, 9.17) is 41.8 Å². The highest BCUT2D eigenvalue weighted by molar-refractivity contribution is 6.49. The predicted octanol–water partition coefficient (Wildman–Crippen LogP) is -0.179. The lowest BCUT2D eigenvalue weighted by Crippen LogP contribution is -2.68. The maximum atomic E-state index is 8.49. The molecule has 5 nitrogen and oxygen atoms in total. The van der Waals surface area contributed by atoms with Crippen LogP contribution in [0.25, 0.3) is 5.03 Å². The van der Waals surface area contributed by atoms with E-state index < -0.39 is 10.2 Å². The van der Waals surface area contributed by atoms with Gasteiger partial charge in [0.05, 0.1) is 5.03 Å². The number of benzene rings is 1. The largest absolute Gasteiger partial charge is 0.236 e. The zero-order valence-electron chi connectivity index (χ0n) is 12.4. The van der Waals surface area contributed by atoms with Crippen LogP contribution in [0.15, 0.2) is 30.3 Å². The summed E-state index contributed by atoms with van der Waals surface area (Å²) in [5.74, 6) is 0. The molecule has 1 heterocycles. The molecule has 0 N–H and O–H groups in total. The van der Waals surface area contributed by atoms with E-state index >= 15 is 0 Å². The zero-order chi connectivity index (χ0) is 17.3. The van der Waals surface area contributed by atoms with E-state index in [2.05, 4.69) is 10.8 Å². The molecular weight excluding hydrogens is 365 g/mol. The van der Waals surface area contributed by atoms with Crippen LogP contribution in [-0.4, -0.2) is 23.9 Å². The molecule has 0 spiro atoms. The molecule has 0 unspecified atom stereocenters. The van der Waals surface area contributed by atoms with Crippen molar-refractivity contribution in [3.05, 3.63) is 40.9 Å². The number of rotatable bonds is 2. The van der Waals surface area contributed by atoms with Gasteiger partial charge in [0.15, 0.2) is 6.21 Å². The van der Waals surface area contributed by atoms with Crippen LogP contribution in [0.5, 0.6) is 0 Å². The Hall–Kier alpha value is -0.660. The Labute approximate surface area is 147 Å². The fourth-order valence-electron chi connectivity index (χ4n) is 2.12. The molecule has 1 fully saturated rings. The van der Waals surface area contributed by atoms with E-state index in [0.717, 1.165) is 28.7 Å². The van der Waals surface area contributed by atoms with Crippen LogP contribution < -0.4 is 18.6 Å². The molecule has 128 valence electrons. The summed E-state index contributed by atoms with van der Waals surface area (Å²) in [5, 5.41) is 1.50. The first-order valence-corrected chi connectivity index (χ1v) is 9.07. The third-order valence-electron chi connectivity index (χ3n) is 3.19. The topological polar surface area (TPSA) is 95.2 Å². The molecule has 0 aliphatic carbocycles. The maximum Gasteiger partial charge on any atom is 0.164 e. The first-order chi connectivity index (χ1) is 10.8. The fourth-order valence-corrected chi connectivity index (χ4v) is 2.43. The molecule has 23 heavy (non-hydrogen) atoms. The van der Waals surface area contributed by atoms with Crippen molar-refractivity contribution in [3.8, 4) is 0 Å². The van der Waals surface area contributed by atoms with Gasteiger partial charge in [-0.15, -0.1) is 10.2 Å². The van der Waals surface area contributed by atoms with Crippen LogP contribution in [0.1, 0.15) is 31.2 Å². The highest BCUT2D eigenvalue weighted by Gasteiger charge is 2.08. The molecular formula is C15H18Cl3NO4. The van der Waals surface area contributed by atoms with Gasteiger partial charge >= 0.3 is 0 Å². The maximum absolute atomic E-state index is 8.49. The quantitative estimate of drug-likeness (QED) is 0.663. The predicted molar refractivity (Wildman–Crippen MR) is 79.8 cm³/mol. The molecule has 0 aromatic heterocycles. The molecule has 1 aromatic carbocycles. The van der Waals surface area contributed by atoms with Gasteiger partial charge in [0.1, 0.15) is 13.1 Å². The Morgan fingerprint density at radius 2 is 1.43 bits per heavy atom. The minimum absolute atomic E-state index is 0.736. The lowest BCUT2D eigenvalue weighted by molar-refractivity contribution is -2.00. The highest BCUT2D eigenvalue weighted by Crippen LogP contribution is 2.20. The number of hydrogen-bond donors (Lipinski definition) is 0. The van der Waals surface area contributed by atoms with Gasteiger partial charge in [-0.1, -0.05) is 35.3 Å². The van der Waals surface area contributed by atoms with Gasteiger partial charge in [-0.3, -0.25) is 0 Å². The summed E-state index contributed by atoms with van der Waals surface area (Å²) in [7, 11) is -4.94. The Balaban J connectivity index is 0.000000463. The second-order valence-corrected chi connectivity index (χ2v) is 6.60. The lowest BCUT2D eigenvalue weighted by atomic mass is 10.2. The molecule has 1 aliphatic heterocycles. The first-order valence-electron chi connectivity index (χ1n) is 7.08. The summed E-state index contributed by atoms with van der Waals surface area (Å²) < 4.78 is 36.3. The summed E-state index contributed by atoms with van der Waals surface area (Å²) in [6, 6.07) is 7.60. The van der Waals surface area contributed by atoms with Crippen molar-refractivity contribution in [1.82, 2.24) is 0 Å². The number of allylic oxidation sites excluding steroid dienone is 1. The third kappa shape index (κ3) is 10.7. The van der Waals surface area contributed by atoms with Crippen LogP contribution in [0.2, 0.25) is 5.02 Å². The van der Waals surface area contributed by atoms with Crippen LogP contribution >= 0.6 is 23.2 Å². The van der Waals surface area contributed by atoms with Crippen LogP contribution in [-0.2, 0) is 0 Å². The number of hydrogen-bond acceptors (Lipinski definition) is 4. The van der Waals surface area contributed by atoms with Crippen molar-refractivity contribution in [2.24, 2.45) is 0 Å². The molecule has 0 saturated carbocycles. The molecule has 2 rings (SSSR count). The van der Waals surface area contributed by atoms with Crippen molar-refractivity contribution in [2.75, 3.05) is 13.1 Å². The van der Waals surface area contributed by atoms with Gasteiger partial charge in [0, 0.05) is 23.9 Å². The Bertz CT molecular complexity index is 523. The summed E-state index contributed by atoms with van der Waals surface area (Å²) in [4.78, 5) is 0. The Kier molecular flexibility index (Phi) is 9.09. The number of nitrogens with zero attached hydrogens (tertiary/aromatic N) is 1. The molecule has 1 aliphatic rings. The van der Waals surface area contributed by atoms with Crippen molar-refractivity contribution in [1.29, 1.82) is 0 Å². The van der Waals surface area contributed by atoms with E-state index in [1.807, 2.05) is 30.3 Å². The molecule has 0 atom stereocenters. The van der Waals surface area contributed by atoms with Crippen molar-refractivity contribution < 1.29 is 33.5 Å². The molecule has 0 bridgehead atoms. The Morgan fingerprint density at radius 1 is 0.957 bits per heavy atom. The minimum atomic E-state index is -4.94. The van der Waals surface area contributed by atoms with Gasteiger partial charge in [-0.25, -0.2) is 23.2 Å². The highest BCUT2D eigenvalue weighted by atomic mass is 35.7. The normalized spacial score (nSPS) is 16.3. The average molecular weight is 383 g/mol. The van der Waals surface area contributed by atoms with Crippen LogP contribution in [0, 0.1) is 10.2 Å². The van der Waals surface area contributed by atoms with E-state index in [1.165, 1.54) is 25.7 Å². The van der Waals surface area contributed by atoms with Gasteiger partial charge < -0.3 is 0 Å². The monoisotopic (exact) mass is 381 g/mol. The summed E-state index contributed by atoms with van der Waals surface area (Å²) >= 11 is 12.1. The zero-order valence-corrected chi connectivity index (χ0v) is 14.7. The van der Waals surface area contributed by atoms with E-state index in [-0.39, 0.29) is 0 Å². The standard InChI is InChI=1S/C15H18Cl2N.ClHO4/c16-14-7-5-13(6-8-14)15(17)9-12-18-10-3-1-2-4-11-18;2-1(3,4)5/h5-9,12H,1-4,10-11H2;(H,2,3,4,5)/q+1;/p-1/b15-9-;. The molecule has 8 heteroatoms. The van der Waals surface area contributed by atoms with E-state index in [0.29, 0.717) is 0 Å². The van der Waals surface area contributed by atoms with E-state index in [1.54, 1.807) is 0 Å². The molecule has 0 amide bonds. The SMILES string of the molecule is Cl/C(=C\C=[N+]1CCCCCC1)c1ccc(Cl)cc1.[O-][Cl+3]([O-])([O-])[O-]. The second-order valence-electron chi connectivity index (χ2n) is 5.00. The molecule has 0 radical (unpaired) electrons. The van der Waals surface area contributed by atoms with Crippen molar-refractivity contribution in [2.45, 2.75) is 25.7 Å². The Morgan fingerprint density at radius 3 is 1.91 bits per heavy atom. The van der Waals surface area contributed by atoms with Gasteiger partial charge in [-0.05, 0) is 30.5 Å². The van der Waals surface area contributed by atoms with Gasteiger partial charge in [0.2, 0.25) is 0 Å². The van der Waals surface area contributed by atoms with Crippen molar-refractivity contribution in [3.63, 3.8) is 0 Å².